The van der Waals surface area contributed by atoms with Gasteiger partial charge >= 0.3 is 6.18 Å². The Balaban J connectivity index is 1.39. The molecule has 1 aromatic carbocycles. The minimum Gasteiger partial charge on any atom is -0.375 e. The zero-order chi connectivity index (χ0) is 22.4. The molecule has 174 valence electrons. The molecular weight excluding hydrogens is 414 g/mol. The van der Waals surface area contributed by atoms with E-state index in [1.54, 1.807) is 0 Å². The Hall–Kier alpha value is -1.87. The Morgan fingerprint density at radius 1 is 1.13 bits per heavy atom. The lowest BCUT2D eigenvalue weighted by molar-refractivity contribution is -0.140. The molecule has 9 heteroatoms. The van der Waals surface area contributed by atoms with Crippen LogP contribution in [0.25, 0.3) is 0 Å². The second-order valence-electron chi connectivity index (χ2n) is 8.50. The van der Waals surface area contributed by atoms with Crippen LogP contribution in [0.15, 0.2) is 18.2 Å². The lowest BCUT2D eigenvalue weighted by Crippen LogP contribution is -2.47. The Kier molecular flexibility index (Phi) is 8.16. The third-order valence-electron chi connectivity index (χ3n) is 6.33. The number of halogens is 4. The van der Waals surface area contributed by atoms with Crippen molar-refractivity contribution in [3.05, 3.63) is 29.6 Å². The zero-order valence-electron chi connectivity index (χ0n) is 17.9. The third kappa shape index (κ3) is 6.80. The summed E-state index contributed by atoms with van der Waals surface area (Å²) in [7, 11) is 1.51. The van der Waals surface area contributed by atoms with E-state index in [0.29, 0.717) is 24.7 Å². The number of hydrogen-bond acceptors (Lipinski definition) is 4. The second kappa shape index (κ2) is 10.6. The maximum absolute atomic E-state index is 13.5. The summed E-state index contributed by atoms with van der Waals surface area (Å²) in [4.78, 5) is 15.8. The molecule has 1 amide bonds. The van der Waals surface area contributed by atoms with E-state index in [1.165, 1.54) is 13.2 Å². The van der Waals surface area contributed by atoms with Crippen molar-refractivity contribution in [1.82, 2.24) is 10.2 Å². The van der Waals surface area contributed by atoms with Crippen LogP contribution < -0.4 is 10.2 Å². The minimum atomic E-state index is -4.69. The van der Waals surface area contributed by atoms with Gasteiger partial charge in [0, 0.05) is 45.0 Å². The van der Waals surface area contributed by atoms with Crippen LogP contribution in [0.2, 0.25) is 0 Å². The molecule has 2 fully saturated rings. The number of hydrogen-bond donors (Lipinski definition) is 1. The van der Waals surface area contributed by atoms with Crippen molar-refractivity contribution in [2.75, 3.05) is 51.3 Å². The van der Waals surface area contributed by atoms with Crippen molar-refractivity contribution >= 4 is 11.6 Å². The number of amides is 1. The van der Waals surface area contributed by atoms with Gasteiger partial charge in [-0.25, -0.2) is 4.39 Å². The predicted octanol–water partition coefficient (Wildman–Crippen LogP) is 3.68. The molecule has 0 spiro atoms. The van der Waals surface area contributed by atoms with Gasteiger partial charge in [0.1, 0.15) is 12.4 Å². The van der Waals surface area contributed by atoms with Gasteiger partial charge in [-0.15, -0.1) is 0 Å². The number of rotatable bonds is 7. The van der Waals surface area contributed by atoms with Crippen molar-refractivity contribution in [3.8, 4) is 0 Å². The van der Waals surface area contributed by atoms with Gasteiger partial charge in [0.05, 0.1) is 5.56 Å². The predicted molar refractivity (Wildman–Crippen MR) is 110 cm³/mol. The van der Waals surface area contributed by atoms with Crippen LogP contribution >= 0.6 is 0 Å². The lowest BCUT2D eigenvalue weighted by Gasteiger charge is -2.37. The average molecular weight is 446 g/mol. The van der Waals surface area contributed by atoms with E-state index < -0.39 is 17.6 Å². The number of benzene rings is 1. The highest BCUT2D eigenvalue weighted by Crippen LogP contribution is 2.34. The number of methoxy groups -OCH3 is 1. The summed E-state index contributed by atoms with van der Waals surface area (Å²) in [5, 5.41) is 3.01. The number of nitrogens with zero attached hydrogens (tertiary/aromatic N) is 2. The van der Waals surface area contributed by atoms with E-state index in [2.05, 4.69) is 10.2 Å². The molecule has 1 saturated heterocycles. The normalized spacial score (nSPS) is 23.1. The molecular formula is C22H31F4N3O2. The SMILES string of the molecule is COCC(=O)N[C@H]1CC[C@H](CCN2CCN(c3ccc(F)c(C(F)(F)F)c3)CC2)CC1. The highest BCUT2D eigenvalue weighted by molar-refractivity contribution is 5.77. The number of alkyl halides is 3. The number of ether oxygens (including phenoxy) is 1. The smallest absolute Gasteiger partial charge is 0.375 e. The molecule has 0 bridgehead atoms. The summed E-state index contributed by atoms with van der Waals surface area (Å²) >= 11 is 0. The summed E-state index contributed by atoms with van der Waals surface area (Å²) in [6.07, 6.45) is 0.558. The Bertz CT molecular complexity index is 728. The maximum atomic E-state index is 13.5. The van der Waals surface area contributed by atoms with E-state index in [9.17, 15) is 22.4 Å². The highest BCUT2D eigenvalue weighted by Gasteiger charge is 2.35. The first-order chi connectivity index (χ1) is 14.8. The van der Waals surface area contributed by atoms with Crippen LogP contribution in [0.5, 0.6) is 0 Å². The van der Waals surface area contributed by atoms with E-state index in [-0.39, 0.29) is 18.6 Å². The Morgan fingerprint density at radius 2 is 1.81 bits per heavy atom. The van der Waals surface area contributed by atoms with Gasteiger partial charge in [-0.1, -0.05) is 0 Å². The molecule has 1 aliphatic heterocycles. The first kappa shape index (κ1) is 23.8. The van der Waals surface area contributed by atoms with E-state index in [4.69, 9.17) is 4.74 Å². The molecule has 1 N–H and O–H groups in total. The standard InChI is InChI=1S/C22H31F4N3O2/c1-31-15-21(30)27-17-4-2-16(3-5-17)8-9-28-10-12-29(13-11-28)18-6-7-20(23)19(14-18)22(24,25)26/h6-7,14,16-17H,2-5,8-13,15H2,1H3,(H,27,30)/t16-,17-. The van der Waals surface area contributed by atoms with Gasteiger partial charge in [-0.05, 0) is 62.8 Å². The number of nitrogens with one attached hydrogen (secondary N) is 1. The fourth-order valence-corrected chi connectivity index (χ4v) is 4.52. The fraction of sp³-hybridized carbons (Fsp3) is 0.682. The van der Waals surface area contributed by atoms with Crippen molar-refractivity contribution < 1.29 is 27.1 Å². The molecule has 0 radical (unpaired) electrons. The van der Waals surface area contributed by atoms with Gasteiger partial charge in [0.25, 0.3) is 0 Å². The van der Waals surface area contributed by atoms with Crippen LogP contribution in [0.4, 0.5) is 23.2 Å². The number of anilines is 1. The van der Waals surface area contributed by atoms with Crippen molar-refractivity contribution in [1.29, 1.82) is 0 Å². The monoisotopic (exact) mass is 445 g/mol. The molecule has 2 aliphatic rings. The van der Waals surface area contributed by atoms with Crippen molar-refractivity contribution in [2.24, 2.45) is 5.92 Å². The van der Waals surface area contributed by atoms with E-state index in [0.717, 1.165) is 63.9 Å². The first-order valence-corrected chi connectivity index (χ1v) is 10.9. The van der Waals surface area contributed by atoms with Crippen LogP contribution in [-0.4, -0.2) is 63.3 Å². The number of carbonyl (C=O) groups excluding carboxylic acids is 1. The van der Waals surface area contributed by atoms with Gasteiger partial charge in [0.15, 0.2) is 0 Å². The summed E-state index contributed by atoms with van der Waals surface area (Å²) in [6.45, 7) is 3.88. The van der Waals surface area contributed by atoms with E-state index in [1.807, 2.05) is 4.90 Å². The van der Waals surface area contributed by atoms with Crippen LogP contribution in [0, 0.1) is 11.7 Å². The molecule has 0 aromatic heterocycles. The van der Waals surface area contributed by atoms with Crippen LogP contribution in [0.1, 0.15) is 37.7 Å². The quantitative estimate of drug-likeness (QED) is 0.651. The summed E-state index contributed by atoms with van der Waals surface area (Å²) in [5.74, 6) is -0.657. The van der Waals surface area contributed by atoms with Crippen LogP contribution in [0.3, 0.4) is 0 Å². The Morgan fingerprint density at radius 3 is 2.42 bits per heavy atom. The largest absolute Gasteiger partial charge is 0.419 e. The van der Waals surface area contributed by atoms with Gasteiger partial charge < -0.3 is 15.0 Å². The minimum absolute atomic E-state index is 0.0627. The fourth-order valence-electron chi connectivity index (χ4n) is 4.52. The molecule has 3 rings (SSSR count). The zero-order valence-corrected chi connectivity index (χ0v) is 17.9. The summed E-state index contributed by atoms with van der Waals surface area (Å²) in [5.41, 5.74) is -0.788. The summed E-state index contributed by atoms with van der Waals surface area (Å²) < 4.78 is 57.3. The molecule has 0 atom stereocenters. The van der Waals surface area contributed by atoms with Gasteiger partial charge in [-0.2, -0.15) is 13.2 Å². The molecule has 1 aromatic rings. The van der Waals surface area contributed by atoms with Crippen molar-refractivity contribution in [2.45, 2.75) is 44.3 Å². The molecule has 1 aliphatic carbocycles. The lowest BCUT2D eigenvalue weighted by atomic mass is 9.84. The van der Waals surface area contributed by atoms with Crippen LogP contribution in [-0.2, 0) is 15.7 Å². The average Bonchev–Trinajstić information content (AvgIpc) is 2.73. The van der Waals surface area contributed by atoms with E-state index >= 15 is 0 Å². The molecule has 5 nitrogen and oxygen atoms in total. The summed E-state index contributed by atoms with van der Waals surface area (Å²) in [6, 6.07) is 3.47. The third-order valence-corrected chi connectivity index (χ3v) is 6.33. The second-order valence-corrected chi connectivity index (χ2v) is 8.50. The first-order valence-electron chi connectivity index (χ1n) is 10.9. The topological polar surface area (TPSA) is 44.8 Å². The van der Waals surface area contributed by atoms with Crippen molar-refractivity contribution in [3.63, 3.8) is 0 Å². The molecule has 1 saturated carbocycles. The number of piperazine rings is 1. The maximum Gasteiger partial charge on any atom is 0.419 e. The van der Waals surface area contributed by atoms with Gasteiger partial charge in [-0.3, -0.25) is 9.69 Å². The molecule has 1 heterocycles. The Labute approximate surface area is 180 Å². The highest BCUT2D eigenvalue weighted by atomic mass is 19.4. The molecule has 0 unspecified atom stereocenters. The molecule has 31 heavy (non-hydrogen) atoms. The number of carbonyl (C=O) groups is 1. The van der Waals surface area contributed by atoms with Gasteiger partial charge in [0.2, 0.25) is 5.91 Å².